The summed E-state index contributed by atoms with van der Waals surface area (Å²) in [7, 11) is 1.81. The van der Waals surface area contributed by atoms with Crippen molar-refractivity contribution in [3.05, 3.63) is 29.3 Å². The van der Waals surface area contributed by atoms with Crippen LogP contribution in [0.15, 0.2) is 24.3 Å². The van der Waals surface area contributed by atoms with Crippen molar-refractivity contribution in [1.82, 2.24) is 5.32 Å². The number of amides is 2. The van der Waals surface area contributed by atoms with Gasteiger partial charge in [-0.3, -0.25) is 9.59 Å². The number of anilines is 1. The first-order valence-electron chi connectivity index (χ1n) is 7.40. The number of rotatable bonds is 7. The maximum atomic E-state index is 12.0. The van der Waals surface area contributed by atoms with Gasteiger partial charge in [-0.1, -0.05) is 30.7 Å². The summed E-state index contributed by atoms with van der Waals surface area (Å²) >= 11 is 5.99. The molecule has 5 nitrogen and oxygen atoms in total. The Hall–Kier alpha value is -1.59. The van der Waals surface area contributed by atoms with E-state index in [0.717, 1.165) is 11.3 Å². The van der Waals surface area contributed by atoms with Gasteiger partial charge in [-0.15, -0.1) is 0 Å². The summed E-state index contributed by atoms with van der Waals surface area (Å²) in [5, 5.41) is 6.20. The van der Waals surface area contributed by atoms with Gasteiger partial charge in [-0.05, 0) is 32.4 Å². The van der Waals surface area contributed by atoms with E-state index in [9.17, 15) is 9.59 Å². The van der Waals surface area contributed by atoms with Crippen molar-refractivity contribution in [2.24, 2.45) is 0 Å². The largest absolute Gasteiger partial charge is 0.346 e. The number of benzene rings is 1. The van der Waals surface area contributed by atoms with Gasteiger partial charge in [0.05, 0.1) is 17.8 Å². The van der Waals surface area contributed by atoms with E-state index in [4.69, 9.17) is 11.6 Å². The molecule has 0 saturated heterocycles. The Kier molecular flexibility index (Phi) is 6.84. The number of halogens is 1. The van der Waals surface area contributed by atoms with E-state index in [0.29, 0.717) is 10.7 Å². The van der Waals surface area contributed by atoms with Gasteiger partial charge in [0.25, 0.3) is 11.8 Å². The predicted molar refractivity (Wildman–Crippen MR) is 89.2 cm³/mol. The molecule has 0 fully saturated rings. The van der Waals surface area contributed by atoms with Gasteiger partial charge in [0.1, 0.15) is 0 Å². The number of likely N-dealkylation sites (N-methyl/N-ethyl adjacent to an activating group) is 1. The molecule has 0 bridgehead atoms. The van der Waals surface area contributed by atoms with E-state index < -0.39 is 0 Å². The highest BCUT2D eigenvalue weighted by Gasteiger charge is 2.21. The Morgan fingerprint density at radius 1 is 1.18 bits per heavy atom. The fraction of sp³-hybridized carbons (Fsp3) is 0.500. The second-order valence-electron chi connectivity index (χ2n) is 6.12. The topological polar surface area (TPSA) is 62.6 Å². The van der Waals surface area contributed by atoms with E-state index in [2.05, 4.69) is 10.6 Å². The van der Waals surface area contributed by atoms with E-state index in [1.54, 1.807) is 24.3 Å². The second-order valence-corrected chi connectivity index (χ2v) is 6.53. The number of hydrogen-bond donors (Lipinski definition) is 3. The minimum Gasteiger partial charge on any atom is -0.346 e. The molecule has 1 aromatic carbocycles. The highest BCUT2D eigenvalue weighted by atomic mass is 35.5. The molecule has 0 heterocycles. The number of carbonyl (C=O) groups excluding carboxylic acids is 2. The number of carbonyl (C=O) groups is 2. The monoisotopic (exact) mass is 326 g/mol. The zero-order valence-corrected chi connectivity index (χ0v) is 14.4. The first-order valence-corrected chi connectivity index (χ1v) is 7.78. The Morgan fingerprint density at radius 3 is 2.36 bits per heavy atom. The zero-order valence-electron chi connectivity index (χ0n) is 13.6. The molecule has 0 aliphatic rings. The normalized spacial score (nSPS) is 12.6. The molecule has 0 aliphatic heterocycles. The molecule has 3 N–H and O–H groups in total. The van der Waals surface area contributed by atoms with Crippen LogP contribution in [0.25, 0.3) is 0 Å². The smallest absolute Gasteiger partial charge is 0.279 e. The van der Waals surface area contributed by atoms with Crippen LogP contribution < -0.4 is 15.5 Å². The van der Waals surface area contributed by atoms with Crippen LogP contribution in [0.4, 0.5) is 5.69 Å². The molecule has 1 aromatic rings. The lowest BCUT2D eigenvalue weighted by Crippen LogP contribution is -3.11. The fourth-order valence-corrected chi connectivity index (χ4v) is 2.06. The minimum atomic E-state index is -0.225. The molecule has 1 rings (SSSR count). The zero-order chi connectivity index (χ0) is 16.8. The van der Waals surface area contributed by atoms with Crippen molar-refractivity contribution < 1.29 is 14.5 Å². The highest BCUT2D eigenvalue weighted by Crippen LogP contribution is 2.19. The average Bonchev–Trinajstić information content (AvgIpc) is 2.40. The minimum absolute atomic E-state index is 0.0603. The SMILES string of the molecule is CCC(C)(C)NC(=O)C[NH+](C)CC(=O)Nc1ccccc1Cl. The van der Waals surface area contributed by atoms with Crippen LogP contribution in [0.2, 0.25) is 5.02 Å². The number of para-hydroxylation sites is 1. The second kappa shape index (κ2) is 8.15. The molecule has 0 aliphatic carbocycles. The lowest BCUT2D eigenvalue weighted by Gasteiger charge is -2.25. The molecule has 1 atom stereocenters. The summed E-state index contributed by atoms with van der Waals surface area (Å²) in [5.74, 6) is -0.233. The fourth-order valence-electron chi connectivity index (χ4n) is 1.88. The van der Waals surface area contributed by atoms with Crippen molar-refractivity contribution in [2.75, 3.05) is 25.5 Å². The lowest BCUT2D eigenvalue weighted by atomic mass is 10.0. The Bertz CT molecular complexity index is 532. The van der Waals surface area contributed by atoms with Crippen LogP contribution in [-0.4, -0.2) is 37.5 Å². The standard InChI is InChI=1S/C16H24ClN3O2/c1-5-16(2,3)19-15(22)11-20(4)10-14(21)18-13-9-7-6-8-12(13)17/h6-9H,5,10-11H2,1-4H3,(H,18,21)(H,19,22)/p+1. The van der Waals surface area contributed by atoms with E-state index >= 15 is 0 Å². The molecule has 22 heavy (non-hydrogen) atoms. The van der Waals surface area contributed by atoms with Crippen molar-refractivity contribution in [3.63, 3.8) is 0 Å². The van der Waals surface area contributed by atoms with Gasteiger partial charge in [0, 0.05) is 5.54 Å². The van der Waals surface area contributed by atoms with Crippen molar-refractivity contribution in [3.8, 4) is 0 Å². The van der Waals surface area contributed by atoms with E-state index in [1.807, 2.05) is 27.8 Å². The first kappa shape index (κ1) is 18.5. The van der Waals surface area contributed by atoms with E-state index in [-0.39, 0.29) is 30.4 Å². The van der Waals surface area contributed by atoms with Crippen molar-refractivity contribution in [2.45, 2.75) is 32.7 Å². The maximum Gasteiger partial charge on any atom is 0.279 e. The van der Waals surface area contributed by atoms with Gasteiger partial charge in [-0.2, -0.15) is 0 Å². The third kappa shape index (κ3) is 6.45. The number of quaternary nitrogens is 1. The van der Waals surface area contributed by atoms with Gasteiger partial charge in [0.2, 0.25) is 0 Å². The van der Waals surface area contributed by atoms with Crippen LogP contribution in [0.5, 0.6) is 0 Å². The average molecular weight is 327 g/mol. The van der Waals surface area contributed by atoms with Crippen LogP contribution in [0.3, 0.4) is 0 Å². The summed E-state index contributed by atoms with van der Waals surface area (Å²) in [6.45, 7) is 6.42. The van der Waals surface area contributed by atoms with Crippen molar-refractivity contribution >= 4 is 29.1 Å². The molecule has 6 heteroatoms. The molecule has 2 amide bonds. The van der Waals surface area contributed by atoms with Gasteiger partial charge < -0.3 is 15.5 Å². The Balaban J connectivity index is 2.45. The summed E-state index contributed by atoms with van der Waals surface area (Å²) < 4.78 is 0. The quantitative estimate of drug-likeness (QED) is 0.702. The first-order chi connectivity index (χ1) is 10.2. The summed E-state index contributed by atoms with van der Waals surface area (Å²) in [5.41, 5.74) is 0.357. The molecule has 1 unspecified atom stereocenters. The van der Waals surface area contributed by atoms with Gasteiger partial charge in [0.15, 0.2) is 13.1 Å². The molecule has 0 saturated carbocycles. The predicted octanol–water partition coefficient (Wildman–Crippen LogP) is 1.10. The molecule has 0 radical (unpaired) electrons. The molecular formula is C16H25ClN3O2+. The van der Waals surface area contributed by atoms with Crippen LogP contribution >= 0.6 is 11.6 Å². The molecule has 122 valence electrons. The molecular weight excluding hydrogens is 302 g/mol. The van der Waals surface area contributed by atoms with Gasteiger partial charge >= 0.3 is 0 Å². The summed E-state index contributed by atoms with van der Waals surface area (Å²) in [4.78, 5) is 24.7. The third-order valence-corrected chi connectivity index (χ3v) is 3.76. The Labute approximate surface area is 137 Å². The summed E-state index contributed by atoms with van der Waals surface area (Å²) in [6.07, 6.45) is 0.852. The van der Waals surface area contributed by atoms with Crippen molar-refractivity contribution in [1.29, 1.82) is 0 Å². The van der Waals surface area contributed by atoms with Crippen LogP contribution in [0.1, 0.15) is 27.2 Å². The van der Waals surface area contributed by atoms with Crippen LogP contribution in [0, 0.1) is 0 Å². The Morgan fingerprint density at radius 2 is 1.77 bits per heavy atom. The number of nitrogens with one attached hydrogen (secondary N) is 3. The third-order valence-electron chi connectivity index (χ3n) is 3.43. The lowest BCUT2D eigenvalue weighted by molar-refractivity contribution is -0.862. The van der Waals surface area contributed by atoms with Gasteiger partial charge in [-0.25, -0.2) is 0 Å². The maximum absolute atomic E-state index is 12.0. The summed E-state index contributed by atoms with van der Waals surface area (Å²) in [6, 6.07) is 7.06. The van der Waals surface area contributed by atoms with Crippen LogP contribution in [-0.2, 0) is 9.59 Å². The highest BCUT2D eigenvalue weighted by molar-refractivity contribution is 6.33. The number of hydrogen-bond acceptors (Lipinski definition) is 2. The molecule has 0 spiro atoms. The molecule has 0 aromatic heterocycles. The van der Waals surface area contributed by atoms with E-state index in [1.165, 1.54) is 0 Å².